The molecule has 1 saturated carbocycles. The van der Waals surface area contributed by atoms with Gasteiger partial charge in [0, 0.05) is 5.41 Å². The third-order valence-corrected chi connectivity index (χ3v) is 5.72. The molecule has 0 amide bonds. The maximum Gasteiger partial charge on any atom is 0.0159 e. The van der Waals surface area contributed by atoms with Crippen LogP contribution < -0.4 is 0 Å². The third kappa shape index (κ3) is 1.58. The Morgan fingerprint density at radius 1 is 0.909 bits per heavy atom. The van der Waals surface area contributed by atoms with Crippen molar-refractivity contribution in [2.75, 3.05) is 0 Å². The summed E-state index contributed by atoms with van der Waals surface area (Å²) >= 11 is 0. The molecule has 22 heavy (non-hydrogen) atoms. The number of benzene rings is 2. The van der Waals surface area contributed by atoms with Gasteiger partial charge in [-0.1, -0.05) is 68.5 Å². The predicted octanol–water partition coefficient (Wildman–Crippen LogP) is 5.58. The quantitative estimate of drug-likeness (QED) is 0.641. The summed E-state index contributed by atoms with van der Waals surface area (Å²) in [6.07, 6.45) is 8.54. The molecule has 0 radical (unpaired) electrons. The zero-order valence-electron chi connectivity index (χ0n) is 13.1. The van der Waals surface area contributed by atoms with Gasteiger partial charge in [-0.2, -0.15) is 0 Å². The molecule has 0 heteroatoms. The lowest BCUT2D eigenvalue weighted by atomic mass is 9.81. The maximum atomic E-state index is 2.47. The fraction of sp³-hybridized carbons (Fsp3) is 0.273. The van der Waals surface area contributed by atoms with Crippen molar-refractivity contribution in [1.29, 1.82) is 0 Å². The fourth-order valence-electron chi connectivity index (χ4n) is 4.24. The number of rotatable bonds is 1. The first-order chi connectivity index (χ1) is 10.6. The Bertz CT molecular complexity index is 848. The molecule has 108 valence electrons. The molecule has 3 aliphatic rings. The second-order valence-corrected chi connectivity index (χ2v) is 7.48. The van der Waals surface area contributed by atoms with Gasteiger partial charge in [-0.05, 0) is 57.7 Å². The lowest BCUT2D eigenvalue weighted by Crippen LogP contribution is -2.15. The monoisotopic (exact) mass is 284 g/mol. The number of hydrogen-bond acceptors (Lipinski definition) is 0. The maximum absolute atomic E-state index is 2.47. The van der Waals surface area contributed by atoms with E-state index >= 15 is 0 Å². The minimum atomic E-state index is 0.100. The molecule has 0 aliphatic heterocycles. The average Bonchev–Trinajstić information content (AvgIpc) is 3.28. The first kappa shape index (κ1) is 12.5. The van der Waals surface area contributed by atoms with E-state index in [1.165, 1.54) is 39.8 Å². The molecule has 0 saturated heterocycles. The van der Waals surface area contributed by atoms with Crippen molar-refractivity contribution < 1.29 is 0 Å². The van der Waals surface area contributed by atoms with Crippen molar-refractivity contribution in [3.8, 4) is 11.1 Å². The highest BCUT2D eigenvalue weighted by Gasteiger charge is 2.37. The van der Waals surface area contributed by atoms with Gasteiger partial charge >= 0.3 is 0 Å². The minimum Gasteiger partial charge on any atom is -0.0802 e. The van der Waals surface area contributed by atoms with E-state index in [0.29, 0.717) is 0 Å². The zero-order valence-corrected chi connectivity index (χ0v) is 13.1. The molecule has 0 aromatic heterocycles. The van der Waals surface area contributed by atoms with Crippen LogP contribution in [-0.2, 0) is 5.41 Å². The molecular formula is C22H20. The van der Waals surface area contributed by atoms with E-state index in [-0.39, 0.29) is 5.41 Å². The zero-order chi connectivity index (χ0) is 14.9. The van der Waals surface area contributed by atoms with E-state index in [2.05, 4.69) is 74.5 Å². The smallest absolute Gasteiger partial charge is 0.0159 e. The first-order valence-electron chi connectivity index (χ1n) is 8.29. The predicted molar refractivity (Wildman–Crippen MR) is 92.7 cm³/mol. The average molecular weight is 284 g/mol. The van der Waals surface area contributed by atoms with Crippen molar-refractivity contribution in [2.24, 2.45) is 11.8 Å². The van der Waals surface area contributed by atoms with Crippen LogP contribution in [0.3, 0.4) is 0 Å². The highest BCUT2D eigenvalue weighted by atomic mass is 14.4. The van der Waals surface area contributed by atoms with Crippen LogP contribution in [0.1, 0.15) is 37.0 Å². The molecule has 0 spiro atoms. The standard InChI is InChI=1S/C22H20/c1-22(2)20-6-4-3-5-18(20)19-10-9-16(13-21(19)22)14-7-8-15-12-17(15)11-14/h3-11,13,15,17H,12H2,1-2H3. The van der Waals surface area contributed by atoms with E-state index in [9.17, 15) is 0 Å². The summed E-state index contributed by atoms with van der Waals surface area (Å²) in [4.78, 5) is 0. The molecule has 0 nitrogen and oxygen atoms in total. The molecule has 0 N–H and O–H groups in total. The van der Waals surface area contributed by atoms with Gasteiger partial charge < -0.3 is 0 Å². The molecular weight excluding hydrogens is 264 g/mol. The Balaban J connectivity index is 1.67. The van der Waals surface area contributed by atoms with Gasteiger partial charge in [0.2, 0.25) is 0 Å². The molecule has 2 atom stereocenters. The Labute approximate surface area is 132 Å². The molecule has 1 fully saturated rings. The summed E-state index contributed by atoms with van der Waals surface area (Å²) in [7, 11) is 0. The van der Waals surface area contributed by atoms with Gasteiger partial charge in [0.25, 0.3) is 0 Å². The van der Waals surface area contributed by atoms with Crippen LogP contribution in [-0.4, -0.2) is 0 Å². The van der Waals surface area contributed by atoms with E-state index in [1.54, 1.807) is 0 Å². The van der Waals surface area contributed by atoms with Gasteiger partial charge in [-0.15, -0.1) is 0 Å². The van der Waals surface area contributed by atoms with Crippen LogP contribution in [0.4, 0.5) is 0 Å². The largest absolute Gasteiger partial charge is 0.0802 e. The van der Waals surface area contributed by atoms with Crippen LogP contribution in [0.5, 0.6) is 0 Å². The molecule has 0 bridgehead atoms. The van der Waals surface area contributed by atoms with E-state index in [0.717, 1.165) is 11.8 Å². The first-order valence-corrected chi connectivity index (χ1v) is 8.29. The highest BCUT2D eigenvalue weighted by molar-refractivity contribution is 5.84. The van der Waals surface area contributed by atoms with E-state index in [4.69, 9.17) is 0 Å². The van der Waals surface area contributed by atoms with Gasteiger partial charge in [0.05, 0.1) is 0 Å². The van der Waals surface area contributed by atoms with Crippen molar-refractivity contribution in [2.45, 2.75) is 25.7 Å². The van der Waals surface area contributed by atoms with Crippen molar-refractivity contribution in [1.82, 2.24) is 0 Å². The third-order valence-electron chi connectivity index (χ3n) is 5.72. The van der Waals surface area contributed by atoms with Crippen molar-refractivity contribution in [3.63, 3.8) is 0 Å². The lowest BCUT2D eigenvalue weighted by molar-refractivity contribution is 0.660. The van der Waals surface area contributed by atoms with Crippen molar-refractivity contribution in [3.05, 3.63) is 77.4 Å². The summed E-state index contributed by atoms with van der Waals surface area (Å²) < 4.78 is 0. The number of fused-ring (bicyclic) bond motifs is 4. The molecule has 2 aromatic carbocycles. The summed E-state index contributed by atoms with van der Waals surface area (Å²) in [6, 6.07) is 15.9. The van der Waals surface area contributed by atoms with Gasteiger partial charge in [-0.25, -0.2) is 0 Å². The van der Waals surface area contributed by atoms with Crippen LogP contribution >= 0.6 is 0 Å². The Morgan fingerprint density at radius 2 is 1.73 bits per heavy atom. The molecule has 5 rings (SSSR count). The Hall–Kier alpha value is -2.08. The topological polar surface area (TPSA) is 0 Å². The van der Waals surface area contributed by atoms with Crippen LogP contribution in [0, 0.1) is 11.8 Å². The summed E-state index contributed by atoms with van der Waals surface area (Å²) in [5.74, 6) is 1.64. The number of allylic oxidation sites excluding steroid dienone is 4. The normalized spacial score (nSPS) is 26.0. The fourth-order valence-corrected chi connectivity index (χ4v) is 4.24. The summed E-state index contributed by atoms with van der Waals surface area (Å²) in [6.45, 7) is 4.70. The second-order valence-electron chi connectivity index (χ2n) is 7.48. The van der Waals surface area contributed by atoms with E-state index < -0.39 is 0 Å². The highest BCUT2D eigenvalue weighted by Crippen LogP contribution is 2.50. The Kier molecular flexibility index (Phi) is 2.27. The lowest BCUT2D eigenvalue weighted by Gasteiger charge is -2.22. The van der Waals surface area contributed by atoms with E-state index in [1.807, 2.05) is 0 Å². The second kappa shape index (κ2) is 4.01. The number of hydrogen-bond donors (Lipinski definition) is 0. The summed E-state index contributed by atoms with van der Waals surface area (Å²) in [5, 5.41) is 0. The molecule has 2 aromatic rings. The van der Waals surface area contributed by atoms with Gasteiger partial charge in [0.15, 0.2) is 0 Å². The molecule has 3 aliphatic carbocycles. The minimum absolute atomic E-state index is 0.100. The van der Waals surface area contributed by atoms with Crippen LogP contribution in [0.2, 0.25) is 0 Å². The Morgan fingerprint density at radius 3 is 2.59 bits per heavy atom. The van der Waals surface area contributed by atoms with Crippen molar-refractivity contribution >= 4 is 5.57 Å². The SMILES string of the molecule is CC1(C)c2ccccc2-c2ccc(C3=CC4CC4C=C3)cc21. The van der Waals surface area contributed by atoms with Crippen LogP contribution in [0.25, 0.3) is 16.7 Å². The molecule has 2 unspecified atom stereocenters. The van der Waals surface area contributed by atoms with Gasteiger partial charge in [0.1, 0.15) is 0 Å². The summed E-state index contributed by atoms with van der Waals surface area (Å²) in [5.41, 5.74) is 8.63. The van der Waals surface area contributed by atoms with Crippen LogP contribution in [0.15, 0.2) is 60.7 Å². The molecule has 0 heterocycles. The van der Waals surface area contributed by atoms with Gasteiger partial charge in [-0.3, -0.25) is 0 Å².